The van der Waals surface area contributed by atoms with Gasteiger partial charge in [-0.25, -0.2) is 0 Å². The Kier molecular flexibility index (Phi) is 3.01. The van der Waals surface area contributed by atoms with Crippen LogP contribution in [0.5, 0.6) is 0 Å². The molecular formula is C7H16N2. The quantitative estimate of drug-likeness (QED) is 0.475. The molecule has 0 aromatic carbocycles. The maximum absolute atomic E-state index is 3.73. The number of quaternary nitrogens is 1. The second-order valence-electron chi connectivity index (χ2n) is 2.74. The highest BCUT2D eigenvalue weighted by Gasteiger charge is 2.11. The molecule has 54 valence electrons. The standard InChI is InChI=1S/C7H16N2/c1-8-5-7-3-2-4-9-6-7/h7,9H,1-6,8H2. The van der Waals surface area contributed by atoms with Crippen LogP contribution in [0, 0.1) is 13.0 Å². The van der Waals surface area contributed by atoms with Crippen LogP contribution in [0.4, 0.5) is 0 Å². The maximum atomic E-state index is 3.73. The number of hydrogen-bond acceptors (Lipinski definition) is 1. The Morgan fingerprint density at radius 2 is 2.56 bits per heavy atom. The molecule has 1 rings (SSSR count). The molecule has 0 aromatic heterocycles. The predicted octanol–water partition coefficient (Wildman–Crippen LogP) is -0.659. The number of hydrogen-bond donors (Lipinski definition) is 2. The van der Waals surface area contributed by atoms with Crippen molar-refractivity contribution in [3.05, 3.63) is 7.05 Å². The summed E-state index contributed by atoms with van der Waals surface area (Å²) in [5.41, 5.74) is 0. The molecule has 0 aromatic rings. The highest BCUT2D eigenvalue weighted by atomic mass is 14.9. The molecule has 1 atom stereocenters. The summed E-state index contributed by atoms with van der Waals surface area (Å²) in [4.78, 5) is 0. The Hall–Kier alpha value is -0.0800. The van der Waals surface area contributed by atoms with Crippen molar-refractivity contribution in [1.29, 1.82) is 0 Å². The van der Waals surface area contributed by atoms with E-state index in [0.717, 1.165) is 5.92 Å². The van der Waals surface area contributed by atoms with Gasteiger partial charge in [-0.15, -0.1) is 0 Å². The highest BCUT2D eigenvalue weighted by Crippen LogP contribution is 2.06. The SMILES string of the molecule is [CH2-][NH2+]CC1CCCNC1. The van der Waals surface area contributed by atoms with Crippen LogP contribution in [0.3, 0.4) is 0 Å². The monoisotopic (exact) mass is 128 g/mol. The summed E-state index contributed by atoms with van der Waals surface area (Å²) in [6, 6.07) is 0. The Morgan fingerprint density at radius 3 is 3.11 bits per heavy atom. The lowest BCUT2D eigenvalue weighted by atomic mass is 10.00. The van der Waals surface area contributed by atoms with Gasteiger partial charge in [0.15, 0.2) is 0 Å². The molecule has 1 saturated heterocycles. The molecule has 2 nitrogen and oxygen atoms in total. The molecule has 3 N–H and O–H groups in total. The topological polar surface area (TPSA) is 28.6 Å². The lowest BCUT2D eigenvalue weighted by molar-refractivity contribution is -0.602. The smallest absolute Gasteiger partial charge is 0.0556 e. The van der Waals surface area contributed by atoms with Crippen LogP contribution in [0.15, 0.2) is 0 Å². The lowest BCUT2D eigenvalue weighted by Gasteiger charge is -2.21. The molecule has 1 heterocycles. The van der Waals surface area contributed by atoms with Gasteiger partial charge in [-0.3, -0.25) is 0 Å². The fourth-order valence-electron chi connectivity index (χ4n) is 1.36. The molecule has 0 radical (unpaired) electrons. The van der Waals surface area contributed by atoms with E-state index in [2.05, 4.69) is 12.4 Å². The third kappa shape index (κ3) is 2.33. The minimum absolute atomic E-state index is 0.872. The van der Waals surface area contributed by atoms with Crippen LogP contribution in [0.2, 0.25) is 0 Å². The van der Waals surface area contributed by atoms with E-state index in [4.69, 9.17) is 0 Å². The van der Waals surface area contributed by atoms with Crippen molar-refractivity contribution in [2.75, 3.05) is 19.6 Å². The van der Waals surface area contributed by atoms with Crippen LogP contribution in [0.25, 0.3) is 0 Å². The van der Waals surface area contributed by atoms with E-state index in [0.29, 0.717) is 0 Å². The largest absolute Gasteiger partial charge is 0.479 e. The van der Waals surface area contributed by atoms with Crippen LogP contribution < -0.4 is 10.6 Å². The van der Waals surface area contributed by atoms with Crippen molar-refractivity contribution in [2.45, 2.75) is 12.8 Å². The van der Waals surface area contributed by atoms with Crippen LogP contribution in [-0.2, 0) is 0 Å². The van der Waals surface area contributed by atoms with E-state index in [1.807, 2.05) is 5.32 Å². The summed E-state index contributed by atoms with van der Waals surface area (Å²) >= 11 is 0. The zero-order valence-corrected chi connectivity index (χ0v) is 5.90. The van der Waals surface area contributed by atoms with Crippen LogP contribution in [0.1, 0.15) is 12.8 Å². The van der Waals surface area contributed by atoms with Gasteiger partial charge in [-0.1, -0.05) is 0 Å². The Balaban J connectivity index is 2.08. The van der Waals surface area contributed by atoms with E-state index < -0.39 is 0 Å². The van der Waals surface area contributed by atoms with Crippen molar-refractivity contribution >= 4 is 0 Å². The zero-order valence-electron chi connectivity index (χ0n) is 5.90. The summed E-state index contributed by atoms with van der Waals surface area (Å²) in [6.45, 7) is 3.60. The van der Waals surface area contributed by atoms with E-state index in [1.54, 1.807) is 0 Å². The van der Waals surface area contributed by atoms with Gasteiger partial charge >= 0.3 is 0 Å². The average molecular weight is 128 g/mol. The first-order chi connectivity index (χ1) is 4.43. The van der Waals surface area contributed by atoms with Gasteiger partial charge in [-0.05, 0) is 19.4 Å². The number of rotatable bonds is 2. The van der Waals surface area contributed by atoms with Gasteiger partial charge < -0.3 is 10.6 Å². The molecule has 2 heteroatoms. The number of nitrogens with one attached hydrogen (secondary N) is 1. The molecule has 1 aliphatic heterocycles. The third-order valence-electron chi connectivity index (χ3n) is 1.90. The first-order valence-electron chi connectivity index (χ1n) is 3.75. The van der Waals surface area contributed by atoms with Gasteiger partial charge in [0.1, 0.15) is 0 Å². The van der Waals surface area contributed by atoms with Crippen molar-refractivity contribution in [3.8, 4) is 0 Å². The predicted molar refractivity (Wildman–Crippen MR) is 37.7 cm³/mol. The molecule has 1 fully saturated rings. The highest BCUT2D eigenvalue weighted by molar-refractivity contribution is 4.66. The minimum Gasteiger partial charge on any atom is -0.479 e. The number of piperidine rings is 1. The number of nitrogens with two attached hydrogens (primary N) is 1. The van der Waals surface area contributed by atoms with Crippen LogP contribution >= 0.6 is 0 Å². The van der Waals surface area contributed by atoms with Crippen molar-refractivity contribution < 1.29 is 5.32 Å². The summed E-state index contributed by atoms with van der Waals surface area (Å²) in [5.74, 6) is 0.872. The molecule has 9 heavy (non-hydrogen) atoms. The van der Waals surface area contributed by atoms with E-state index in [1.165, 1.54) is 32.5 Å². The van der Waals surface area contributed by atoms with Crippen molar-refractivity contribution in [3.63, 3.8) is 0 Å². The Bertz CT molecular complexity index is 64.6. The normalized spacial score (nSPS) is 28.3. The van der Waals surface area contributed by atoms with Gasteiger partial charge in [0, 0.05) is 12.5 Å². The van der Waals surface area contributed by atoms with Gasteiger partial charge in [-0.2, -0.15) is 7.05 Å². The molecule has 0 aliphatic carbocycles. The summed E-state index contributed by atoms with van der Waals surface area (Å²) < 4.78 is 0. The molecule has 0 saturated carbocycles. The second-order valence-corrected chi connectivity index (χ2v) is 2.74. The Labute approximate surface area is 57.0 Å². The first-order valence-corrected chi connectivity index (χ1v) is 3.75. The molecular weight excluding hydrogens is 112 g/mol. The van der Waals surface area contributed by atoms with Gasteiger partial charge in [0.2, 0.25) is 0 Å². The molecule has 0 amide bonds. The average Bonchev–Trinajstić information content (AvgIpc) is 1.91. The fraction of sp³-hybridized carbons (Fsp3) is 0.857. The summed E-state index contributed by atoms with van der Waals surface area (Å²) in [7, 11) is 3.73. The molecule has 0 bridgehead atoms. The van der Waals surface area contributed by atoms with Gasteiger partial charge in [0.25, 0.3) is 0 Å². The maximum Gasteiger partial charge on any atom is 0.0556 e. The minimum atomic E-state index is 0.872. The van der Waals surface area contributed by atoms with E-state index >= 15 is 0 Å². The third-order valence-corrected chi connectivity index (χ3v) is 1.90. The summed E-state index contributed by atoms with van der Waals surface area (Å²) in [6.07, 6.45) is 2.73. The lowest BCUT2D eigenvalue weighted by Crippen LogP contribution is -2.79. The van der Waals surface area contributed by atoms with E-state index in [9.17, 15) is 0 Å². The summed E-state index contributed by atoms with van der Waals surface area (Å²) in [5, 5.41) is 5.40. The van der Waals surface area contributed by atoms with Gasteiger partial charge in [0.05, 0.1) is 6.54 Å². The molecule has 0 spiro atoms. The van der Waals surface area contributed by atoms with E-state index in [-0.39, 0.29) is 0 Å². The van der Waals surface area contributed by atoms with Crippen LogP contribution in [-0.4, -0.2) is 19.6 Å². The van der Waals surface area contributed by atoms with Crippen molar-refractivity contribution in [1.82, 2.24) is 5.32 Å². The second kappa shape index (κ2) is 3.85. The molecule has 1 aliphatic rings. The van der Waals surface area contributed by atoms with Crippen molar-refractivity contribution in [2.24, 2.45) is 5.92 Å². The Morgan fingerprint density at radius 1 is 1.67 bits per heavy atom. The zero-order chi connectivity index (χ0) is 6.53. The fourth-order valence-corrected chi connectivity index (χ4v) is 1.36. The first kappa shape index (κ1) is 7.03. The molecule has 1 unspecified atom stereocenters.